The van der Waals surface area contributed by atoms with Crippen LogP contribution in [0.3, 0.4) is 0 Å². The second-order valence-corrected chi connectivity index (χ2v) is 5.29. The lowest BCUT2D eigenvalue weighted by atomic mass is 10.0. The van der Waals surface area contributed by atoms with Gasteiger partial charge in [0.2, 0.25) is 0 Å². The molecule has 1 aliphatic rings. The molecular weight excluding hydrogens is 238 g/mol. The van der Waals surface area contributed by atoms with Gasteiger partial charge >= 0.3 is 0 Å². The summed E-state index contributed by atoms with van der Waals surface area (Å²) in [5.74, 6) is 3.66. The average Bonchev–Trinajstić information content (AvgIpc) is 2.80. The molecular formula is C15H19N3O. The van der Waals surface area contributed by atoms with Gasteiger partial charge in [0.15, 0.2) is 5.82 Å². The van der Waals surface area contributed by atoms with Crippen molar-refractivity contribution >= 4 is 0 Å². The maximum atomic E-state index is 5.24. The number of nitrogens with zero attached hydrogens (tertiary/aromatic N) is 3. The van der Waals surface area contributed by atoms with Gasteiger partial charge in [0, 0.05) is 19.4 Å². The van der Waals surface area contributed by atoms with Crippen molar-refractivity contribution in [3.63, 3.8) is 0 Å². The molecule has 0 aliphatic carbocycles. The standard InChI is InChI=1S/C15H19N3O/c1-11-6-7-18-15(8-11)16-14(17-18)10-12-4-3-5-13(9-12)19-2/h3-5,9,11H,6-8,10H2,1-2H3. The Balaban J connectivity index is 1.80. The normalized spacial score (nSPS) is 18.1. The highest BCUT2D eigenvalue weighted by atomic mass is 16.5. The third-order valence-corrected chi connectivity index (χ3v) is 3.65. The van der Waals surface area contributed by atoms with E-state index in [-0.39, 0.29) is 0 Å². The summed E-state index contributed by atoms with van der Waals surface area (Å²) in [6.45, 7) is 3.28. The zero-order valence-corrected chi connectivity index (χ0v) is 11.5. The average molecular weight is 257 g/mol. The van der Waals surface area contributed by atoms with E-state index in [1.807, 2.05) is 18.2 Å². The monoisotopic (exact) mass is 257 g/mol. The van der Waals surface area contributed by atoms with Crippen LogP contribution < -0.4 is 4.74 Å². The number of hydrogen-bond donors (Lipinski definition) is 0. The molecule has 0 spiro atoms. The minimum atomic E-state index is 0.723. The number of hydrogen-bond acceptors (Lipinski definition) is 3. The molecule has 0 radical (unpaired) electrons. The van der Waals surface area contributed by atoms with Gasteiger partial charge in [0.25, 0.3) is 0 Å². The van der Waals surface area contributed by atoms with Crippen LogP contribution in [-0.2, 0) is 19.4 Å². The van der Waals surface area contributed by atoms with Crippen LogP contribution in [-0.4, -0.2) is 21.9 Å². The van der Waals surface area contributed by atoms with E-state index < -0.39 is 0 Å². The molecule has 0 amide bonds. The largest absolute Gasteiger partial charge is 0.497 e. The van der Waals surface area contributed by atoms with Crippen LogP contribution >= 0.6 is 0 Å². The number of benzene rings is 1. The highest BCUT2D eigenvalue weighted by Gasteiger charge is 2.18. The summed E-state index contributed by atoms with van der Waals surface area (Å²) in [4.78, 5) is 4.66. The lowest BCUT2D eigenvalue weighted by molar-refractivity contribution is 0.385. The van der Waals surface area contributed by atoms with Gasteiger partial charge in [-0.25, -0.2) is 9.67 Å². The number of ether oxygens (including phenoxy) is 1. The molecule has 1 aromatic heterocycles. The van der Waals surface area contributed by atoms with Crippen LogP contribution in [0, 0.1) is 5.92 Å². The molecule has 1 aliphatic heterocycles. The van der Waals surface area contributed by atoms with Gasteiger partial charge in [-0.2, -0.15) is 5.10 Å². The summed E-state index contributed by atoms with van der Waals surface area (Å²) >= 11 is 0. The smallest absolute Gasteiger partial charge is 0.155 e. The molecule has 4 heteroatoms. The van der Waals surface area contributed by atoms with Gasteiger partial charge in [-0.1, -0.05) is 19.1 Å². The zero-order chi connectivity index (χ0) is 13.2. The lowest BCUT2D eigenvalue weighted by Gasteiger charge is -2.17. The third kappa shape index (κ3) is 2.62. The van der Waals surface area contributed by atoms with E-state index in [9.17, 15) is 0 Å². The molecule has 0 bridgehead atoms. The molecule has 0 N–H and O–H groups in total. The van der Waals surface area contributed by atoms with Crippen LogP contribution in [0.4, 0.5) is 0 Å². The van der Waals surface area contributed by atoms with Crippen molar-refractivity contribution in [1.29, 1.82) is 0 Å². The predicted octanol–water partition coefficient (Wildman–Crippen LogP) is 2.46. The second-order valence-electron chi connectivity index (χ2n) is 5.29. The van der Waals surface area contributed by atoms with Crippen molar-refractivity contribution in [3.05, 3.63) is 41.5 Å². The quantitative estimate of drug-likeness (QED) is 0.848. The Kier molecular flexibility index (Phi) is 3.23. The van der Waals surface area contributed by atoms with Crippen LogP contribution in [0.2, 0.25) is 0 Å². The molecule has 3 rings (SSSR count). The molecule has 4 nitrogen and oxygen atoms in total. The number of aryl methyl sites for hydroxylation is 1. The molecule has 0 saturated carbocycles. The maximum Gasteiger partial charge on any atom is 0.155 e. The minimum absolute atomic E-state index is 0.723. The molecule has 0 saturated heterocycles. The Labute approximate surface area is 113 Å². The van der Waals surface area contributed by atoms with E-state index in [2.05, 4.69) is 27.8 Å². The van der Waals surface area contributed by atoms with E-state index in [4.69, 9.17) is 4.74 Å². The number of methoxy groups -OCH3 is 1. The van der Waals surface area contributed by atoms with Crippen molar-refractivity contribution in [1.82, 2.24) is 14.8 Å². The fourth-order valence-corrected chi connectivity index (χ4v) is 2.55. The van der Waals surface area contributed by atoms with E-state index in [1.54, 1.807) is 7.11 Å². The minimum Gasteiger partial charge on any atom is -0.497 e. The van der Waals surface area contributed by atoms with E-state index >= 15 is 0 Å². The van der Waals surface area contributed by atoms with Gasteiger partial charge in [0.05, 0.1) is 7.11 Å². The topological polar surface area (TPSA) is 39.9 Å². The first-order valence-electron chi connectivity index (χ1n) is 6.80. The first-order valence-corrected chi connectivity index (χ1v) is 6.80. The van der Waals surface area contributed by atoms with E-state index in [1.165, 1.54) is 12.0 Å². The van der Waals surface area contributed by atoms with Crippen LogP contribution in [0.25, 0.3) is 0 Å². The molecule has 2 aromatic rings. The molecule has 100 valence electrons. The van der Waals surface area contributed by atoms with Crippen molar-refractivity contribution in [2.45, 2.75) is 32.7 Å². The van der Waals surface area contributed by atoms with Gasteiger partial charge < -0.3 is 4.74 Å². The molecule has 1 atom stereocenters. The predicted molar refractivity (Wildman–Crippen MR) is 73.3 cm³/mol. The fraction of sp³-hybridized carbons (Fsp3) is 0.467. The first kappa shape index (κ1) is 12.2. The van der Waals surface area contributed by atoms with Crippen molar-refractivity contribution in [2.75, 3.05) is 7.11 Å². The molecule has 1 unspecified atom stereocenters. The number of aromatic nitrogens is 3. The summed E-state index contributed by atoms with van der Waals surface area (Å²) in [7, 11) is 1.69. The summed E-state index contributed by atoms with van der Waals surface area (Å²) < 4.78 is 7.31. The number of rotatable bonds is 3. The third-order valence-electron chi connectivity index (χ3n) is 3.65. The van der Waals surface area contributed by atoms with Crippen molar-refractivity contribution in [3.8, 4) is 5.75 Å². The fourth-order valence-electron chi connectivity index (χ4n) is 2.55. The number of fused-ring (bicyclic) bond motifs is 1. The van der Waals surface area contributed by atoms with Crippen LogP contribution in [0.15, 0.2) is 24.3 Å². The van der Waals surface area contributed by atoms with Crippen LogP contribution in [0.5, 0.6) is 5.75 Å². The molecule has 2 heterocycles. The van der Waals surface area contributed by atoms with Gasteiger partial charge in [0.1, 0.15) is 11.6 Å². The van der Waals surface area contributed by atoms with Crippen molar-refractivity contribution < 1.29 is 4.74 Å². The van der Waals surface area contributed by atoms with Gasteiger partial charge in [-0.15, -0.1) is 0 Å². The SMILES string of the molecule is COc1cccc(Cc2nc3n(n2)CCC(C)C3)c1. The Hall–Kier alpha value is -1.84. The Morgan fingerprint density at radius 3 is 3.16 bits per heavy atom. The lowest BCUT2D eigenvalue weighted by Crippen LogP contribution is -2.18. The first-order chi connectivity index (χ1) is 9.24. The van der Waals surface area contributed by atoms with E-state index in [0.29, 0.717) is 0 Å². The molecule has 0 fully saturated rings. The summed E-state index contributed by atoms with van der Waals surface area (Å²) in [6, 6.07) is 8.09. The Morgan fingerprint density at radius 2 is 2.32 bits per heavy atom. The van der Waals surface area contributed by atoms with Crippen LogP contribution in [0.1, 0.15) is 30.6 Å². The highest BCUT2D eigenvalue weighted by Crippen LogP contribution is 2.19. The molecule has 1 aromatic carbocycles. The summed E-state index contributed by atoms with van der Waals surface area (Å²) in [6.07, 6.45) is 3.02. The van der Waals surface area contributed by atoms with Gasteiger partial charge in [-0.05, 0) is 30.0 Å². The van der Waals surface area contributed by atoms with Gasteiger partial charge in [-0.3, -0.25) is 0 Å². The maximum absolute atomic E-state index is 5.24. The zero-order valence-electron chi connectivity index (χ0n) is 11.5. The Morgan fingerprint density at radius 1 is 1.42 bits per heavy atom. The van der Waals surface area contributed by atoms with Crippen molar-refractivity contribution in [2.24, 2.45) is 5.92 Å². The summed E-state index contributed by atoms with van der Waals surface area (Å²) in [5.41, 5.74) is 1.19. The van der Waals surface area contributed by atoms with E-state index in [0.717, 1.165) is 42.7 Å². The highest BCUT2D eigenvalue weighted by molar-refractivity contribution is 5.30. The molecule has 19 heavy (non-hydrogen) atoms. The second kappa shape index (κ2) is 5.03. The summed E-state index contributed by atoms with van der Waals surface area (Å²) in [5, 5.41) is 4.60. The Bertz CT molecular complexity index is 577.